The fourth-order valence-electron chi connectivity index (χ4n) is 0.0891. The van der Waals surface area contributed by atoms with Crippen LogP contribution in [0.15, 0.2) is 18.4 Å². The lowest BCUT2D eigenvalue weighted by Crippen LogP contribution is -1.69. The van der Waals surface area contributed by atoms with E-state index in [-0.39, 0.29) is 0 Å². The molecule has 0 amide bonds. The molecular formula is C4H4Cl2. The maximum absolute atomic E-state index is 5.19. The summed E-state index contributed by atoms with van der Waals surface area (Å²) in [5.41, 5.74) is 2.43. The zero-order valence-corrected chi connectivity index (χ0v) is 4.63. The lowest BCUT2D eigenvalue weighted by atomic mass is 10.7. The number of allylic oxidation sites excluding steroid dienone is 1. The van der Waals surface area contributed by atoms with Gasteiger partial charge in [-0.05, 0) is 6.08 Å². The van der Waals surface area contributed by atoms with Gasteiger partial charge in [-0.2, -0.15) is 0 Å². The van der Waals surface area contributed by atoms with Gasteiger partial charge in [0.25, 0.3) is 0 Å². The Bertz CT molecular complexity index is 69.6. The quantitative estimate of drug-likeness (QED) is 0.370. The second-order valence-corrected chi connectivity index (χ2v) is 1.87. The normalized spacial score (nSPS) is 7.83. The molecule has 0 aromatic carbocycles. The molecule has 0 aromatic rings. The molecule has 0 rings (SSSR count). The van der Waals surface area contributed by atoms with Crippen LogP contribution in [0.3, 0.4) is 0 Å². The summed E-state index contributed by atoms with van der Waals surface area (Å²) < 4.78 is 0. The molecule has 0 aliphatic rings. The summed E-state index contributed by atoms with van der Waals surface area (Å²) >= 11 is 10.4. The van der Waals surface area contributed by atoms with E-state index >= 15 is 0 Å². The summed E-state index contributed by atoms with van der Waals surface area (Å²) in [7, 11) is 0. The first-order valence-corrected chi connectivity index (χ1v) is 2.28. The Morgan fingerprint density at radius 1 is 1.67 bits per heavy atom. The lowest BCUT2D eigenvalue weighted by molar-refractivity contribution is 1.63. The van der Waals surface area contributed by atoms with E-state index in [1.165, 1.54) is 6.08 Å². The summed E-state index contributed by atoms with van der Waals surface area (Å²) in [5.74, 6) is 0. The largest absolute Gasteiger partial charge is 0.133 e. The van der Waals surface area contributed by atoms with Crippen molar-refractivity contribution < 1.29 is 0 Å². The van der Waals surface area contributed by atoms with Gasteiger partial charge in [-0.15, -0.1) is 28.9 Å². The number of rotatable bonds is 1. The van der Waals surface area contributed by atoms with E-state index in [1.54, 1.807) is 0 Å². The van der Waals surface area contributed by atoms with Gasteiger partial charge < -0.3 is 0 Å². The molecule has 0 aliphatic carbocycles. The second kappa shape index (κ2) is 3.30. The Morgan fingerprint density at radius 2 is 2.17 bits per heavy atom. The molecule has 0 nitrogen and oxygen atoms in total. The smallest absolute Gasteiger partial charge is 0.130 e. The van der Waals surface area contributed by atoms with E-state index in [9.17, 15) is 0 Å². The molecule has 0 unspecified atom stereocenters. The van der Waals surface area contributed by atoms with Crippen LogP contribution in [0.2, 0.25) is 0 Å². The van der Waals surface area contributed by atoms with Crippen molar-refractivity contribution in [3.8, 4) is 0 Å². The minimum Gasteiger partial charge on any atom is -0.130 e. The van der Waals surface area contributed by atoms with Gasteiger partial charge in [-0.25, -0.2) is 0 Å². The number of alkyl halides is 2. The van der Waals surface area contributed by atoms with Gasteiger partial charge in [0.1, 0.15) is 4.84 Å². The minimum absolute atomic E-state index is 0.456. The van der Waals surface area contributed by atoms with Gasteiger partial charge in [-0.3, -0.25) is 0 Å². The molecule has 0 spiro atoms. The Labute approximate surface area is 47.1 Å². The van der Waals surface area contributed by atoms with Crippen molar-refractivity contribution in [1.82, 2.24) is 0 Å². The van der Waals surface area contributed by atoms with Crippen LogP contribution in [0.5, 0.6) is 0 Å². The molecule has 0 saturated heterocycles. The maximum Gasteiger partial charge on any atom is 0.133 e. The molecule has 0 atom stereocenters. The monoisotopic (exact) mass is 122 g/mol. The van der Waals surface area contributed by atoms with Crippen molar-refractivity contribution in [2.75, 3.05) is 0 Å². The third-order valence-corrected chi connectivity index (χ3v) is 0.496. The highest BCUT2D eigenvalue weighted by molar-refractivity contribution is 6.45. The first-order chi connectivity index (χ1) is 2.77. The van der Waals surface area contributed by atoms with Crippen molar-refractivity contribution >= 4 is 23.2 Å². The van der Waals surface area contributed by atoms with Crippen LogP contribution in [0.25, 0.3) is 0 Å². The summed E-state index contributed by atoms with van der Waals surface area (Å²) in [4.78, 5) is -0.456. The first-order valence-electron chi connectivity index (χ1n) is 1.41. The Balaban J connectivity index is 3.29. The van der Waals surface area contributed by atoms with Crippen molar-refractivity contribution in [3.05, 3.63) is 18.4 Å². The van der Waals surface area contributed by atoms with Gasteiger partial charge in [0.05, 0.1) is 0 Å². The van der Waals surface area contributed by atoms with Crippen LogP contribution in [0.1, 0.15) is 0 Å². The number of halogens is 2. The molecule has 0 saturated carbocycles. The summed E-state index contributed by atoms with van der Waals surface area (Å²) in [6.07, 6.45) is 1.46. The van der Waals surface area contributed by atoms with E-state index in [0.29, 0.717) is 0 Å². The standard InChI is InChI=1S/C4H4Cl2/c1-2-3-4(5)6/h3-4H,1H2. The van der Waals surface area contributed by atoms with Crippen LogP contribution >= 0.6 is 23.2 Å². The van der Waals surface area contributed by atoms with Gasteiger partial charge in [0.15, 0.2) is 0 Å². The molecular weight excluding hydrogens is 119 g/mol. The molecule has 0 bridgehead atoms. The SMILES string of the molecule is C=C=CC(Cl)Cl. The highest BCUT2D eigenvalue weighted by Gasteiger charge is 1.82. The number of hydrogen-bond donors (Lipinski definition) is 0. The molecule has 6 heavy (non-hydrogen) atoms. The fraction of sp³-hybridized carbons (Fsp3) is 0.250. The van der Waals surface area contributed by atoms with Crippen LogP contribution in [0.4, 0.5) is 0 Å². The molecule has 0 fully saturated rings. The van der Waals surface area contributed by atoms with Crippen molar-refractivity contribution in [3.63, 3.8) is 0 Å². The molecule has 34 valence electrons. The highest BCUT2D eigenvalue weighted by atomic mass is 35.5. The average molecular weight is 123 g/mol. The average Bonchev–Trinajstić information content (AvgIpc) is 1.35. The van der Waals surface area contributed by atoms with Crippen LogP contribution in [-0.4, -0.2) is 4.84 Å². The van der Waals surface area contributed by atoms with Gasteiger partial charge >= 0.3 is 0 Å². The lowest BCUT2D eigenvalue weighted by Gasteiger charge is -1.78. The molecule has 0 heterocycles. The van der Waals surface area contributed by atoms with Crippen molar-refractivity contribution in [2.45, 2.75) is 4.84 Å². The Hall–Kier alpha value is 0.100. The third-order valence-electron chi connectivity index (χ3n) is 0.244. The van der Waals surface area contributed by atoms with Gasteiger partial charge in [0, 0.05) is 0 Å². The van der Waals surface area contributed by atoms with E-state index in [1.807, 2.05) is 0 Å². The predicted molar refractivity (Wildman–Crippen MR) is 29.2 cm³/mol. The Kier molecular flexibility index (Phi) is 3.35. The van der Waals surface area contributed by atoms with Crippen LogP contribution in [-0.2, 0) is 0 Å². The Morgan fingerprint density at radius 3 is 2.17 bits per heavy atom. The summed E-state index contributed by atoms with van der Waals surface area (Å²) in [5, 5.41) is 0. The van der Waals surface area contributed by atoms with Crippen LogP contribution < -0.4 is 0 Å². The van der Waals surface area contributed by atoms with Crippen molar-refractivity contribution in [2.24, 2.45) is 0 Å². The van der Waals surface area contributed by atoms with Crippen LogP contribution in [0, 0.1) is 0 Å². The fourth-order valence-corrected chi connectivity index (χ4v) is 0.267. The van der Waals surface area contributed by atoms with Gasteiger partial charge in [-0.1, -0.05) is 6.58 Å². The van der Waals surface area contributed by atoms with E-state index in [0.717, 1.165) is 0 Å². The van der Waals surface area contributed by atoms with E-state index in [4.69, 9.17) is 23.2 Å². The molecule has 0 N–H and O–H groups in total. The van der Waals surface area contributed by atoms with Crippen molar-refractivity contribution in [1.29, 1.82) is 0 Å². The number of hydrogen-bond acceptors (Lipinski definition) is 0. The second-order valence-electron chi connectivity index (χ2n) is 0.705. The van der Waals surface area contributed by atoms with E-state index < -0.39 is 4.84 Å². The third kappa shape index (κ3) is 4.10. The van der Waals surface area contributed by atoms with Gasteiger partial charge in [0.2, 0.25) is 0 Å². The molecule has 2 heteroatoms. The molecule has 0 aromatic heterocycles. The zero-order chi connectivity index (χ0) is 4.99. The zero-order valence-electron chi connectivity index (χ0n) is 3.12. The summed E-state index contributed by atoms with van der Waals surface area (Å²) in [6.45, 7) is 3.25. The molecule has 0 radical (unpaired) electrons. The summed E-state index contributed by atoms with van der Waals surface area (Å²) in [6, 6.07) is 0. The maximum atomic E-state index is 5.19. The first kappa shape index (κ1) is 6.10. The van der Waals surface area contributed by atoms with E-state index in [2.05, 4.69) is 12.3 Å². The highest BCUT2D eigenvalue weighted by Crippen LogP contribution is 1.99. The minimum atomic E-state index is -0.456. The predicted octanol–water partition coefficient (Wildman–Crippen LogP) is 2.13. The topological polar surface area (TPSA) is 0 Å². The molecule has 0 aliphatic heterocycles.